The van der Waals surface area contributed by atoms with Gasteiger partial charge in [0.15, 0.2) is 5.58 Å². The number of hydrogen-bond acceptors (Lipinski definition) is 6. The van der Waals surface area contributed by atoms with Crippen molar-refractivity contribution in [2.24, 2.45) is 0 Å². The zero-order valence-electron chi connectivity index (χ0n) is 15.5. The molecule has 28 heavy (non-hydrogen) atoms. The van der Waals surface area contributed by atoms with Crippen LogP contribution in [0.2, 0.25) is 5.02 Å². The molecule has 1 atom stereocenters. The Labute approximate surface area is 166 Å². The molecule has 0 unspecified atom stereocenters. The van der Waals surface area contributed by atoms with Gasteiger partial charge in [0.25, 0.3) is 5.91 Å². The molecule has 0 saturated carbocycles. The Bertz CT molecular complexity index is 940. The van der Waals surface area contributed by atoms with Crippen molar-refractivity contribution < 1.29 is 23.5 Å². The fourth-order valence-corrected chi connectivity index (χ4v) is 2.78. The minimum atomic E-state index is -1.08. The average Bonchev–Trinajstić information content (AvgIpc) is 2.65. The van der Waals surface area contributed by atoms with Crippen LogP contribution in [0, 0.1) is 0 Å². The molecule has 0 spiro atoms. The molecule has 1 heterocycles. The van der Waals surface area contributed by atoms with Gasteiger partial charge in [-0.05, 0) is 32.4 Å². The number of carbonyl (C=O) groups excluding carboxylic acids is 3. The Hall–Kier alpha value is -2.87. The Balaban J connectivity index is 2.23. The molecule has 0 aliphatic heterocycles. The standard InChI is InChI=1S/C19H21ClN2O6/c1-3-21-15(23)9-8-14(19(26)27-4-2)22-17(24)12-10-11-6-5-7-13(20)16(11)28-18(12)25/h5-7,10,14H,3-4,8-9H2,1-2H3,(H,21,23)(H,22,24)/t14-/m1/s1. The van der Waals surface area contributed by atoms with E-state index in [1.807, 2.05) is 0 Å². The second-order valence-electron chi connectivity index (χ2n) is 5.88. The fraction of sp³-hybridized carbons (Fsp3) is 0.368. The summed E-state index contributed by atoms with van der Waals surface area (Å²) in [5.41, 5.74) is -0.990. The summed E-state index contributed by atoms with van der Waals surface area (Å²) in [5, 5.41) is 5.77. The van der Waals surface area contributed by atoms with E-state index in [-0.39, 0.29) is 41.5 Å². The summed E-state index contributed by atoms with van der Waals surface area (Å²) in [6.07, 6.45) is 0.0423. The molecule has 2 rings (SSSR count). The molecule has 1 aromatic carbocycles. The molecule has 1 aromatic heterocycles. The number of carbonyl (C=O) groups is 3. The van der Waals surface area contributed by atoms with Crippen LogP contribution in [-0.4, -0.2) is 37.0 Å². The van der Waals surface area contributed by atoms with Crippen molar-refractivity contribution in [2.45, 2.75) is 32.7 Å². The normalized spacial score (nSPS) is 11.7. The van der Waals surface area contributed by atoms with Crippen molar-refractivity contribution in [3.8, 4) is 0 Å². The predicted molar refractivity (Wildman–Crippen MR) is 103 cm³/mol. The van der Waals surface area contributed by atoms with E-state index in [0.717, 1.165) is 0 Å². The molecule has 9 heteroatoms. The summed E-state index contributed by atoms with van der Waals surface area (Å²) >= 11 is 5.99. The maximum atomic E-state index is 12.6. The molecule has 2 aromatic rings. The average molecular weight is 409 g/mol. The van der Waals surface area contributed by atoms with Crippen molar-refractivity contribution in [1.29, 1.82) is 0 Å². The molecule has 2 amide bonds. The van der Waals surface area contributed by atoms with Crippen LogP contribution in [0.15, 0.2) is 33.5 Å². The quantitative estimate of drug-likeness (QED) is 0.510. The number of rotatable bonds is 8. The first-order valence-corrected chi connectivity index (χ1v) is 9.21. The van der Waals surface area contributed by atoms with E-state index in [4.69, 9.17) is 20.8 Å². The lowest BCUT2D eigenvalue weighted by Gasteiger charge is -2.17. The van der Waals surface area contributed by atoms with E-state index >= 15 is 0 Å². The van der Waals surface area contributed by atoms with Gasteiger partial charge in [-0.1, -0.05) is 23.7 Å². The van der Waals surface area contributed by atoms with Crippen LogP contribution in [0.5, 0.6) is 0 Å². The lowest BCUT2D eigenvalue weighted by Crippen LogP contribution is -2.43. The van der Waals surface area contributed by atoms with Gasteiger partial charge in [0.2, 0.25) is 5.91 Å². The largest absolute Gasteiger partial charge is 0.464 e. The van der Waals surface area contributed by atoms with Crippen molar-refractivity contribution in [1.82, 2.24) is 10.6 Å². The Morgan fingerprint density at radius 1 is 1.25 bits per heavy atom. The Morgan fingerprint density at radius 2 is 2.00 bits per heavy atom. The van der Waals surface area contributed by atoms with Gasteiger partial charge >= 0.3 is 11.6 Å². The zero-order valence-corrected chi connectivity index (χ0v) is 16.3. The van der Waals surface area contributed by atoms with E-state index in [1.165, 1.54) is 6.07 Å². The lowest BCUT2D eigenvalue weighted by molar-refractivity contribution is -0.145. The van der Waals surface area contributed by atoms with Gasteiger partial charge in [-0.3, -0.25) is 9.59 Å². The van der Waals surface area contributed by atoms with E-state index in [0.29, 0.717) is 11.9 Å². The van der Waals surface area contributed by atoms with E-state index in [9.17, 15) is 19.2 Å². The minimum Gasteiger partial charge on any atom is -0.464 e. The highest BCUT2D eigenvalue weighted by Gasteiger charge is 2.25. The Morgan fingerprint density at radius 3 is 2.68 bits per heavy atom. The monoisotopic (exact) mass is 408 g/mol. The molecule has 0 bridgehead atoms. The fourth-order valence-electron chi connectivity index (χ4n) is 2.56. The second kappa shape index (κ2) is 9.89. The molecule has 0 saturated heterocycles. The maximum Gasteiger partial charge on any atom is 0.349 e. The van der Waals surface area contributed by atoms with Gasteiger partial charge < -0.3 is 19.8 Å². The van der Waals surface area contributed by atoms with Crippen LogP contribution >= 0.6 is 11.6 Å². The first-order chi connectivity index (χ1) is 13.4. The highest BCUT2D eigenvalue weighted by molar-refractivity contribution is 6.34. The van der Waals surface area contributed by atoms with Gasteiger partial charge in [-0.25, -0.2) is 9.59 Å². The summed E-state index contributed by atoms with van der Waals surface area (Å²) in [6, 6.07) is 5.11. The zero-order chi connectivity index (χ0) is 20.7. The summed E-state index contributed by atoms with van der Waals surface area (Å²) < 4.78 is 10.1. The number of nitrogens with one attached hydrogen (secondary N) is 2. The van der Waals surface area contributed by atoms with E-state index in [2.05, 4.69) is 10.6 Å². The van der Waals surface area contributed by atoms with Crippen LogP contribution in [0.25, 0.3) is 11.0 Å². The van der Waals surface area contributed by atoms with Crippen molar-refractivity contribution in [3.05, 3.63) is 45.3 Å². The van der Waals surface area contributed by atoms with Crippen molar-refractivity contribution in [2.75, 3.05) is 13.2 Å². The number of benzene rings is 1. The molecule has 0 fully saturated rings. The molecule has 0 aliphatic rings. The van der Waals surface area contributed by atoms with Crippen LogP contribution in [0.3, 0.4) is 0 Å². The summed E-state index contributed by atoms with van der Waals surface area (Å²) in [7, 11) is 0. The molecule has 0 radical (unpaired) electrons. The highest BCUT2D eigenvalue weighted by atomic mass is 35.5. The predicted octanol–water partition coefficient (Wildman–Crippen LogP) is 2.02. The molecule has 2 N–H and O–H groups in total. The summed E-state index contributed by atoms with van der Waals surface area (Å²) in [5.74, 6) is -1.75. The smallest absolute Gasteiger partial charge is 0.349 e. The number of para-hydroxylation sites is 1. The first kappa shape index (κ1) is 21.4. The highest BCUT2D eigenvalue weighted by Crippen LogP contribution is 2.22. The van der Waals surface area contributed by atoms with Crippen LogP contribution in [-0.2, 0) is 14.3 Å². The molecule has 0 aliphatic carbocycles. The van der Waals surface area contributed by atoms with Gasteiger partial charge in [-0.15, -0.1) is 0 Å². The third-order valence-corrected chi connectivity index (χ3v) is 4.16. The SMILES string of the molecule is CCNC(=O)CC[C@@H](NC(=O)c1cc2cccc(Cl)c2oc1=O)C(=O)OCC. The first-order valence-electron chi connectivity index (χ1n) is 8.83. The molecular formula is C19H21ClN2O6. The van der Waals surface area contributed by atoms with E-state index < -0.39 is 23.5 Å². The van der Waals surface area contributed by atoms with E-state index in [1.54, 1.807) is 32.0 Å². The van der Waals surface area contributed by atoms with Gasteiger partial charge in [0, 0.05) is 18.4 Å². The summed E-state index contributed by atoms with van der Waals surface area (Å²) in [6.45, 7) is 3.97. The number of fused-ring (bicyclic) bond motifs is 1. The number of esters is 1. The number of hydrogen-bond donors (Lipinski definition) is 2. The van der Waals surface area contributed by atoms with Gasteiger partial charge in [0.1, 0.15) is 11.6 Å². The topological polar surface area (TPSA) is 115 Å². The lowest BCUT2D eigenvalue weighted by atomic mass is 10.1. The number of ether oxygens (including phenoxy) is 1. The molecular weight excluding hydrogens is 388 g/mol. The number of amides is 2. The number of halogens is 1. The van der Waals surface area contributed by atoms with Crippen LogP contribution in [0.4, 0.5) is 0 Å². The van der Waals surface area contributed by atoms with Crippen LogP contribution < -0.4 is 16.3 Å². The third-order valence-electron chi connectivity index (χ3n) is 3.87. The van der Waals surface area contributed by atoms with Gasteiger partial charge in [0.05, 0.1) is 11.6 Å². The van der Waals surface area contributed by atoms with Gasteiger partial charge in [-0.2, -0.15) is 0 Å². The second-order valence-corrected chi connectivity index (χ2v) is 6.28. The maximum absolute atomic E-state index is 12.6. The van der Waals surface area contributed by atoms with Crippen LogP contribution in [0.1, 0.15) is 37.0 Å². The minimum absolute atomic E-state index is 0.0134. The summed E-state index contributed by atoms with van der Waals surface area (Å²) in [4.78, 5) is 48.6. The molecule has 150 valence electrons. The van der Waals surface area contributed by atoms with Crippen molar-refractivity contribution in [3.63, 3.8) is 0 Å². The molecule has 8 nitrogen and oxygen atoms in total. The van der Waals surface area contributed by atoms with Crippen molar-refractivity contribution >= 4 is 40.4 Å². The third kappa shape index (κ3) is 5.32. The Kier molecular flexibility index (Phi) is 7.57.